The van der Waals surface area contributed by atoms with E-state index >= 15 is 0 Å². The molecule has 0 N–H and O–H groups in total. The first-order valence-corrected chi connectivity index (χ1v) is 13.0. The molecule has 3 heterocycles. The van der Waals surface area contributed by atoms with Crippen LogP contribution in [0.2, 0.25) is 0 Å². The maximum atomic E-state index is 12.5. The third-order valence-electron chi connectivity index (χ3n) is 6.46. The second-order valence-electron chi connectivity index (χ2n) is 10.7. The number of nitrogens with zero attached hydrogens (tertiary/aromatic N) is 3. The van der Waals surface area contributed by atoms with Crippen molar-refractivity contribution in [2.24, 2.45) is 0 Å². The van der Waals surface area contributed by atoms with Gasteiger partial charge in [-0.15, -0.1) is 0 Å². The quantitative estimate of drug-likeness (QED) is 0.261. The number of fused-ring (bicyclic) bond motifs is 1. The highest BCUT2D eigenvalue weighted by molar-refractivity contribution is 5.92. The van der Waals surface area contributed by atoms with E-state index in [1.165, 1.54) is 12.1 Å². The molecule has 1 saturated heterocycles. The summed E-state index contributed by atoms with van der Waals surface area (Å²) in [6, 6.07) is 16.4. The Balaban J connectivity index is 1.26. The average Bonchev–Trinajstić information content (AvgIpc) is 3.34. The molecule has 5 rings (SSSR count). The summed E-state index contributed by atoms with van der Waals surface area (Å²) in [5.74, 6) is 0.118. The summed E-state index contributed by atoms with van der Waals surface area (Å²) in [7, 11) is 0. The standard InChI is InChI=1S/C30H30F3N3O4/c1-29(2,3)40-28(37)36-13-11-35(12-14-36)23-9-7-20(8-10-23)22-16-26-27(34-17-22)25(18-38-26)21-5-4-6-24(15-21)39-19-30(31,32)33/h4-10,15-18H,11-14,19H2,1-3H3. The number of pyridine rings is 1. The van der Waals surface area contributed by atoms with Gasteiger partial charge in [-0.1, -0.05) is 24.3 Å². The number of alkyl halides is 3. The minimum atomic E-state index is -4.41. The van der Waals surface area contributed by atoms with Crippen LogP contribution < -0.4 is 9.64 Å². The van der Waals surface area contributed by atoms with Gasteiger partial charge in [0.05, 0.1) is 0 Å². The second kappa shape index (κ2) is 10.7. The monoisotopic (exact) mass is 553 g/mol. The molecule has 0 saturated carbocycles. The number of amides is 1. The summed E-state index contributed by atoms with van der Waals surface area (Å²) in [4.78, 5) is 20.9. The van der Waals surface area contributed by atoms with Gasteiger partial charge >= 0.3 is 12.3 Å². The molecule has 10 heteroatoms. The number of benzene rings is 2. The third kappa shape index (κ3) is 6.50. The molecule has 0 unspecified atom stereocenters. The Labute approximate surface area is 230 Å². The van der Waals surface area contributed by atoms with Gasteiger partial charge in [-0.05, 0) is 62.2 Å². The molecule has 0 spiro atoms. The maximum Gasteiger partial charge on any atom is 0.422 e. The maximum absolute atomic E-state index is 12.5. The third-order valence-corrected chi connectivity index (χ3v) is 6.46. The van der Waals surface area contributed by atoms with Gasteiger partial charge in [-0.2, -0.15) is 13.2 Å². The first kappa shape index (κ1) is 27.4. The molecule has 0 bridgehead atoms. The van der Waals surface area contributed by atoms with Crippen molar-refractivity contribution in [2.75, 3.05) is 37.7 Å². The molecule has 0 aliphatic carbocycles. The topological polar surface area (TPSA) is 68.0 Å². The van der Waals surface area contributed by atoms with E-state index in [1.807, 2.05) is 51.1 Å². The molecule has 1 fully saturated rings. The Morgan fingerprint density at radius 1 is 0.950 bits per heavy atom. The smallest absolute Gasteiger partial charge is 0.422 e. The number of furan rings is 1. The van der Waals surface area contributed by atoms with Crippen molar-refractivity contribution in [1.29, 1.82) is 0 Å². The van der Waals surface area contributed by atoms with E-state index in [1.54, 1.807) is 29.5 Å². The lowest BCUT2D eigenvalue weighted by Gasteiger charge is -2.36. The lowest BCUT2D eigenvalue weighted by molar-refractivity contribution is -0.153. The molecule has 40 heavy (non-hydrogen) atoms. The SMILES string of the molecule is CC(C)(C)OC(=O)N1CCN(c2ccc(-c3cnc4c(-c5cccc(OCC(F)(F)F)c5)coc4c3)cc2)CC1. The highest BCUT2D eigenvalue weighted by Gasteiger charge is 2.28. The number of piperazine rings is 1. The predicted octanol–water partition coefficient (Wildman–Crippen LogP) is 7.16. The van der Waals surface area contributed by atoms with E-state index in [-0.39, 0.29) is 11.8 Å². The number of carbonyl (C=O) groups is 1. The summed E-state index contributed by atoms with van der Waals surface area (Å²) in [6.07, 6.45) is -1.40. The molecule has 0 atom stereocenters. The molecule has 1 aliphatic heterocycles. The number of anilines is 1. The molecule has 2 aromatic heterocycles. The van der Waals surface area contributed by atoms with Gasteiger partial charge in [0.2, 0.25) is 0 Å². The van der Waals surface area contributed by atoms with Gasteiger partial charge < -0.3 is 23.7 Å². The zero-order valence-electron chi connectivity index (χ0n) is 22.5. The fraction of sp³-hybridized carbons (Fsp3) is 0.333. The highest BCUT2D eigenvalue weighted by atomic mass is 19.4. The van der Waals surface area contributed by atoms with Crippen molar-refractivity contribution in [3.05, 3.63) is 67.1 Å². The van der Waals surface area contributed by atoms with Gasteiger partial charge in [0.25, 0.3) is 0 Å². The molecular weight excluding hydrogens is 523 g/mol. The Hall–Kier alpha value is -4.21. The van der Waals surface area contributed by atoms with E-state index in [0.29, 0.717) is 48.4 Å². The Morgan fingerprint density at radius 3 is 2.35 bits per heavy atom. The van der Waals surface area contributed by atoms with Gasteiger partial charge in [-0.3, -0.25) is 4.98 Å². The first-order valence-electron chi connectivity index (χ1n) is 13.0. The van der Waals surface area contributed by atoms with Crippen molar-refractivity contribution in [1.82, 2.24) is 9.88 Å². The zero-order chi connectivity index (χ0) is 28.5. The van der Waals surface area contributed by atoms with Gasteiger partial charge in [0.15, 0.2) is 12.2 Å². The van der Waals surface area contributed by atoms with Crippen LogP contribution in [0, 0.1) is 0 Å². The minimum absolute atomic E-state index is 0.118. The van der Waals surface area contributed by atoms with E-state index in [9.17, 15) is 18.0 Å². The Morgan fingerprint density at radius 2 is 1.68 bits per heavy atom. The highest BCUT2D eigenvalue weighted by Crippen LogP contribution is 2.34. The van der Waals surface area contributed by atoms with Crippen LogP contribution in [0.3, 0.4) is 0 Å². The first-order chi connectivity index (χ1) is 18.9. The van der Waals surface area contributed by atoms with Crippen LogP contribution in [-0.4, -0.2) is 60.5 Å². The number of aromatic nitrogens is 1. The van der Waals surface area contributed by atoms with Crippen LogP contribution >= 0.6 is 0 Å². The van der Waals surface area contributed by atoms with Crippen LogP contribution in [0.25, 0.3) is 33.4 Å². The Kier molecular flexibility index (Phi) is 7.35. The van der Waals surface area contributed by atoms with Gasteiger partial charge in [0.1, 0.15) is 23.1 Å². The minimum Gasteiger partial charge on any atom is -0.484 e. The summed E-state index contributed by atoms with van der Waals surface area (Å²) >= 11 is 0. The number of ether oxygens (including phenoxy) is 2. The summed E-state index contributed by atoms with van der Waals surface area (Å²) in [6.45, 7) is 6.84. The summed E-state index contributed by atoms with van der Waals surface area (Å²) in [5, 5.41) is 0. The van der Waals surface area contributed by atoms with Gasteiger partial charge in [-0.25, -0.2) is 4.79 Å². The van der Waals surface area contributed by atoms with Crippen LogP contribution in [0.5, 0.6) is 5.75 Å². The number of rotatable bonds is 5. The fourth-order valence-electron chi connectivity index (χ4n) is 4.53. The fourth-order valence-corrected chi connectivity index (χ4v) is 4.53. The van der Waals surface area contributed by atoms with Crippen LogP contribution in [0.1, 0.15) is 20.8 Å². The van der Waals surface area contributed by atoms with Crippen LogP contribution in [-0.2, 0) is 4.74 Å². The van der Waals surface area contributed by atoms with Crippen LogP contribution in [0.15, 0.2) is 71.5 Å². The van der Waals surface area contributed by atoms with E-state index in [4.69, 9.17) is 13.9 Å². The largest absolute Gasteiger partial charge is 0.484 e. The lowest BCUT2D eigenvalue weighted by Crippen LogP contribution is -2.50. The molecule has 4 aromatic rings. The summed E-state index contributed by atoms with van der Waals surface area (Å²) < 4.78 is 53.7. The van der Waals surface area contributed by atoms with Crippen molar-refractivity contribution in [3.8, 4) is 28.0 Å². The number of hydrogen-bond donors (Lipinski definition) is 0. The van der Waals surface area contributed by atoms with Crippen molar-refractivity contribution < 1.29 is 31.9 Å². The Bertz CT molecular complexity index is 1480. The predicted molar refractivity (Wildman–Crippen MR) is 146 cm³/mol. The number of hydrogen-bond acceptors (Lipinski definition) is 6. The van der Waals surface area contributed by atoms with Crippen molar-refractivity contribution in [3.63, 3.8) is 0 Å². The average molecular weight is 554 g/mol. The molecule has 0 radical (unpaired) electrons. The summed E-state index contributed by atoms with van der Waals surface area (Å²) in [5.41, 5.74) is 4.87. The van der Waals surface area contributed by atoms with E-state index in [2.05, 4.69) is 9.88 Å². The van der Waals surface area contributed by atoms with Crippen molar-refractivity contribution in [2.45, 2.75) is 32.5 Å². The number of halogens is 3. The van der Waals surface area contributed by atoms with E-state index < -0.39 is 18.4 Å². The van der Waals surface area contributed by atoms with Crippen LogP contribution in [0.4, 0.5) is 23.7 Å². The second-order valence-corrected chi connectivity index (χ2v) is 10.7. The molecule has 7 nitrogen and oxygen atoms in total. The molecule has 1 aliphatic rings. The molecular formula is C30H30F3N3O4. The normalized spacial score (nSPS) is 14.4. The zero-order valence-corrected chi connectivity index (χ0v) is 22.5. The molecule has 2 aromatic carbocycles. The van der Waals surface area contributed by atoms with Crippen molar-refractivity contribution >= 4 is 22.9 Å². The van der Waals surface area contributed by atoms with E-state index in [0.717, 1.165) is 16.8 Å². The van der Waals surface area contributed by atoms with Gasteiger partial charge in [0, 0.05) is 49.2 Å². The molecule has 1 amide bonds. The molecule has 210 valence electrons. The number of carbonyl (C=O) groups excluding carboxylic acids is 1. The lowest BCUT2D eigenvalue weighted by atomic mass is 10.0.